The number of fused-ring (bicyclic) bond motifs is 1. The van der Waals surface area contributed by atoms with E-state index >= 15 is 0 Å². The van der Waals surface area contributed by atoms with Crippen molar-refractivity contribution in [2.45, 2.75) is 6.42 Å². The lowest BCUT2D eigenvalue weighted by atomic mass is 10.1. The average molecular weight is 312 g/mol. The third kappa shape index (κ3) is 2.57. The molecule has 1 heterocycles. The SMILES string of the molecule is Clc1ccc2nc(Cc3c(Cl)cccc3Cl)[nH]c2c1. The molecule has 0 aliphatic rings. The van der Waals surface area contributed by atoms with Gasteiger partial charge < -0.3 is 4.98 Å². The molecule has 2 aromatic carbocycles. The number of nitrogens with zero attached hydrogens (tertiary/aromatic N) is 1. The minimum Gasteiger partial charge on any atom is -0.342 e. The third-order valence-corrected chi connectivity index (χ3v) is 3.84. The predicted molar refractivity (Wildman–Crippen MR) is 80.4 cm³/mol. The van der Waals surface area contributed by atoms with Gasteiger partial charge in [0.05, 0.1) is 11.0 Å². The van der Waals surface area contributed by atoms with Crippen LogP contribution in [0, 0.1) is 0 Å². The minimum absolute atomic E-state index is 0.560. The number of hydrogen-bond donors (Lipinski definition) is 1. The van der Waals surface area contributed by atoms with Gasteiger partial charge in [0.2, 0.25) is 0 Å². The summed E-state index contributed by atoms with van der Waals surface area (Å²) in [6.45, 7) is 0. The van der Waals surface area contributed by atoms with Crippen LogP contribution in [0.3, 0.4) is 0 Å². The van der Waals surface area contributed by atoms with Crippen LogP contribution < -0.4 is 0 Å². The van der Waals surface area contributed by atoms with Crippen LogP contribution in [0.4, 0.5) is 0 Å². The maximum atomic E-state index is 6.16. The number of hydrogen-bond acceptors (Lipinski definition) is 1. The fourth-order valence-corrected chi connectivity index (χ4v) is 2.69. The molecule has 1 aromatic heterocycles. The summed E-state index contributed by atoms with van der Waals surface area (Å²) in [4.78, 5) is 7.73. The van der Waals surface area contributed by atoms with E-state index in [1.54, 1.807) is 0 Å². The lowest BCUT2D eigenvalue weighted by Gasteiger charge is -2.04. The Kier molecular flexibility index (Phi) is 3.40. The Morgan fingerprint density at radius 1 is 1.00 bits per heavy atom. The summed E-state index contributed by atoms with van der Waals surface area (Å²) in [5, 5.41) is 1.97. The quantitative estimate of drug-likeness (QED) is 0.699. The van der Waals surface area contributed by atoms with Crippen molar-refractivity contribution >= 4 is 45.8 Å². The predicted octanol–water partition coefficient (Wildman–Crippen LogP) is 5.11. The van der Waals surface area contributed by atoms with Crippen molar-refractivity contribution in [3.63, 3.8) is 0 Å². The number of halogens is 3. The van der Waals surface area contributed by atoms with Crippen LogP contribution in [0.15, 0.2) is 36.4 Å². The van der Waals surface area contributed by atoms with Gasteiger partial charge in [0, 0.05) is 21.5 Å². The third-order valence-electron chi connectivity index (χ3n) is 2.90. The maximum Gasteiger partial charge on any atom is 0.111 e. The van der Waals surface area contributed by atoms with Gasteiger partial charge >= 0.3 is 0 Å². The van der Waals surface area contributed by atoms with Gasteiger partial charge in [-0.1, -0.05) is 40.9 Å². The standard InChI is InChI=1S/C14H9Cl3N2/c15-8-4-5-12-13(6-8)19-14(18-12)7-9-10(16)2-1-3-11(9)17/h1-6H,7H2,(H,18,19). The van der Waals surface area contributed by atoms with E-state index in [4.69, 9.17) is 34.8 Å². The van der Waals surface area contributed by atoms with Crippen molar-refractivity contribution in [3.05, 3.63) is 62.9 Å². The van der Waals surface area contributed by atoms with Gasteiger partial charge in [-0.15, -0.1) is 0 Å². The van der Waals surface area contributed by atoms with Gasteiger partial charge in [0.15, 0.2) is 0 Å². The van der Waals surface area contributed by atoms with Gasteiger partial charge in [-0.3, -0.25) is 0 Å². The number of aromatic amines is 1. The summed E-state index contributed by atoms with van der Waals surface area (Å²) in [5.74, 6) is 0.812. The Labute approximate surface area is 125 Å². The number of benzene rings is 2. The highest BCUT2D eigenvalue weighted by Crippen LogP contribution is 2.27. The zero-order valence-electron chi connectivity index (χ0n) is 9.75. The van der Waals surface area contributed by atoms with Crippen molar-refractivity contribution in [2.24, 2.45) is 0 Å². The molecule has 0 bridgehead atoms. The summed E-state index contributed by atoms with van der Waals surface area (Å²) in [6, 6.07) is 11.0. The van der Waals surface area contributed by atoms with Crippen LogP contribution in [0.25, 0.3) is 11.0 Å². The lowest BCUT2D eigenvalue weighted by molar-refractivity contribution is 1.04. The number of imidazole rings is 1. The topological polar surface area (TPSA) is 28.7 Å². The van der Waals surface area contributed by atoms with Gasteiger partial charge in [0.1, 0.15) is 5.82 Å². The normalized spacial score (nSPS) is 11.1. The van der Waals surface area contributed by atoms with E-state index in [2.05, 4.69) is 9.97 Å². The molecule has 0 aliphatic heterocycles. The number of H-pyrrole nitrogens is 1. The van der Waals surface area contributed by atoms with Crippen LogP contribution in [0.2, 0.25) is 15.1 Å². The summed E-state index contributed by atoms with van der Waals surface area (Å²) < 4.78 is 0. The van der Waals surface area contributed by atoms with Crippen molar-refractivity contribution < 1.29 is 0 Å². The van der Waals surface area contributed by atoms with Gasteiger partial charge in [0.25, 0.3) is 0 Å². The molecule has 0 saturated carbocycles. The van der Waals surface area contributed by atoms with Crippen LogP contribution in [-0.2, 0) is 6.42 Å². The monoisotopic (exact) mass is 310 g/mol. The Hall–Kier alpha value is -1.22. The highest BCUT2D eigenvalue weighted by atomic mass is 35.5. The fraction of sp³-hybridized carbons (Fsp3) is 0.0714. The zero-order valence-corrected chi connectivity index (χ0v) is 12.0. The highest BCUT2D eigenvalue weighted by Gasteiger charge is 2.10. The minimum atomic E-state index is 0.560. The van der Waals surface area contributed by atoms with Crippen LogP contribution in [-0.4, -0.2) is 9.97 Å². The summed E-state index contributed by atoms with van der Waals surface area (Å²) in [7, 11) is 0. The van der Waals surface area contributed by atoms with Gasteiger partial charge in [-0.2, -0.15) is 0 Å². The van der Waals surface area contributed by atoms with Crippen molar-refractivity contribution in [1.82, 2.24) is 9.97 Å². The molecule has 5 heteroatoms. The van der Waals surface area contributed by atoms with Crippen molar-refractivity contribution in [3.8, 4) is 0 Å². The van der Waals surface area contributed by atoms with Crippen LogP contribution >= 0.6 is 34.8 Å². The molecule has 3 aromatic rings. The highest BCUT2D eigenvalue weighted by molar-refractivity contribution is 6.36. The molecule has 2 nitrogen and oxygen atoms in total. The second kappa shape index (κ2) is 5.04. The number of aromatic nitrogens is 2. The summed E-state index contributed by atoms with van der Waals surface area (Å²) in [5.41, 5.74) is 2.66. The molecule has 0 saturated heterocycles. The second-order valence-corrected chi connectivity index (χ2v) is 5.47. The van der Waals surface area contributed by atoms with E-state index in [0.29, 0.717) is 21.5 Å². The van der Waals surface area contributed by atoms with Gasteiger partial charge in [-0.05, 0) is 35.9 Å². The largest absolute Gasteiger partial charge is 0.342 e. The lowest BCUT2D eigenvalue weighted by Crippen LogP contribution is -1.92. The Bertz CT molecular complexity index is 729. The summed E-state index contributed by atoms with van der Waals surface area (Å²) >= 11 is 18.3. The fourth-order valence-electron chi connectivity index (χ4n) is 1.99. The van der Waals surface area contributed by atoms with Crippen molar-refractivity contribution in [1.29, 1.82) is 0 Å². The van der Waals surface area contributed by atoms with Crippen LogP contribution in [0.5, 0.6) is 0 Å². The Morgan fingerprint density at radius 2 is 1.74 bits per heavy atom. The molecule has 0 amide bonds. The van der Waals surface area contributed by atoms with E-state index in [1.807, 2.05) is 36.4 Å². The Morgan fingerprint density at radius 3 is 2.47 bits per heavy atom. The van der Waals surface area contributed by atoms with Gasteiger partial charge in [-0.25, -0.2) is 4.98 Å². The first-order valence-electron chi connectivity index (χ1n) is 5.70. The average Bonchev–Trinajstić information content (AvgIpc) is 2.75. The zero-order chi connectivity index (χ0) is 13.4. The first-order valence-corrected chi connectivity index (χ1v) is 6.84. The summed E-state index contributed by atoms with van der Waals surface area (Å²) in [6.07, 6.45) is 0.560. The molecule has 96 valence electrons. The van der Waals surface area contributed by atoms with E-state index in [9.17, 15) is 0 Å². The second-order valence-electron chi connectivity index (χ2n) is 4.22. The molecule has 0 spiro atoms. The number of rotatable bonds is 2. The molecule has 0 atom stereocenters. The molecule has 0 aliphatic carbocycles. The molecule has 3 rings (SSSR count). The smallest absolute Gasteiger partial charge is 0.111 e. The van der Waals surface area contributed by atoms with Crippen LogP contribution in [0.1, 0.15) is 11.4 Å². The van der Waals surface area contributed by atoms with Crippen molar-refractivity contribution in [2.75, 3.05) is 0 Å². The first kappa shape index (κ1) is 12.8. The molecule has 0 radical (unpaired) electrons. The molecule has 0 fully saturated rings. The molecule has 0 unspecified atom stereocenters. The molecular formula is C14H9Cl3N2. The maximum absolute atomic E-state index is 6.16. The molecule has 19 heavy (non-hydrogen) atoms. The Balaban J connectivity index is 2.01. The molecular weight excluding hydrogens is 303 g/mol. The van der Waals surface area contributed by atoms with E-state index in [0.717, 1.165) is 22.4 Å². The molecule has 1 N–H and O–H groups in total. The first-order chi connectivity index (χ1) is 9.13. The van der Waals surface area contributed by atoms with E-state index < -0.39 is 0 Å². The van der Waals surface area contributed by atoms with E-state index in [1.165, 1.54) is 0 Å². The number of nitrogens with one attached hydrogen (secondary N) is 1. The van der Waals surface area contributed by atoms with E-state index in [-0.39, 0.29) is 0 Å².